The molecule has 1 aromatic carbocycles. The van der Waals surface area contributed by atoms with Gasteiger partial charge in [0.2, 0.25) is 0 Å². The fourth-order valence-corrected chi connectivity index (χ4v) is 5.00. The summed E-state index contributed by atoms with van der Waals surface area (Å²) in [4.78, 5) is 4.80. The van der Waals surface area contributed by atoms with E-state index in [2.05, 4.69) is 63.2 Å². The second-order valence-electron chi connectivity index (χ2n) is 6.54. The highest BCUT2D eigenvalue weighted by Gasteiger charge is 2.31. The van der Waals surface area contributed by atoms with Crippen LogP contribution in [0.2, 0.25) is 0 Å². The quantitative estimate of drug-likeness (QED) is 0.521. The van der Waals surface area contributed by atoms with Crippen molar-refractivity contribution in [3.63, 3.8) is 0 Å². The molecule has 2 rings (SSSR count). The molecular weight excluding hydrogens is 308 g/mol. The number of thiazole rings is 1. The smallest absolute Gasteiger partial charge is 0.166 e. The molecule has 122 valence electrons. The van der Waals surface area contributed by atoms with Crippen molar-refractivity contribution in [2.24, 2.45) is 0 Å². The molecule has 0 radical (unpaired) electrons. The van der Waals surface area contributed by atoms with Gasteiger partial charge in [-0.05, 0) is 57.7 Å². The summed E-state index contributed by atoms with van der Waals surface area (Å²) >= 11 is 3.65. The van der Waals surface area contributed by atoms with E-state index in [0.29, 0.717) is 6.04 Å². The van der Waals surface area contributed by atoms with Crippen LogP contribution < -0.4 is 0 Å². The second-order valence-corrected chi connectivity index (χ2v) is 8.79. The minimum Gasteiger partial charge on any atom is -0.236 e. The Kier molecular flexibility index (Phi) is 6.30. The topological polar surface area (TPSA) is 16.1 Å². The van der Waals surface area contributed by atoms with E-state index in [1.165, 1.54) is 24.0 Å². The van der Waals surface area contributed by atoms with Gasteiger partial charge in [-0.25, -0.2) is 9.29 Å². The van der Waals surface area contributed by atoms with Crippen molar-refractivity contribution >= 4 is 33.5 Å². The van der Waals surface area contributed by atoms with E-state index in [0.717, 1.165) is 16.3 Å². The molecule has 4 heteroatoms. The van der Waals surface area contributed by atoms with Crippen molar-refractivity contribution in [2.75, 3.05) is 0 Å². The molecule has 0 spiro atoms. The summed E-state index contributed by atoms with van der Waals surface area (Å²) < 4.78 is 5.01. The van der Waals surface area contributed by atoms with Gasteiger partial charge in [0.15, 0.2) is 4.34 Å². The maximum absolute atomic E-state index is 4.80. The SMILES string of the molecule is CCCCC(C)(C)N(Sc1nc2ccccc2s1)C(C)CC. The zero-order chi connectivity index (χ0) is 16.2. The van der Waals surface area contributed by atoms with E-state index in [9.17, 15) is 0 Å². The van der Waals surface area contributed by atoms with Crippen LogP contribution in [0.1, 0.15) is 60.3 Å². The summed E-state index contributed by atoms with van der Waals surface area (Å²) in [5.74, 6) is 0. The highest BCUT2D eigenvalue weighted by Crippen LogP contribution is 2.39. The molecule has 22 heavy (non-hydrogen) atoms. The van der Waals surface area contributed by atoms with Crippen molar-refractivity contribution in [2.45, 2.75) is 76.2 Å². The first-order chi connectivity index (χ1) is 10.5. The van der Waals surface area contributed by atoms with Gasteiger partial charge in [-0.15, -0.1) is 11.3 Å². The Bertz CT molecular complexity index is 559. The van der Waals surface area contributed by atoms with Crippen LogP contribution in [0.3, 0.4) is 0 Å². The number of nitrogens with zero attached hydrogens (tertiary/aromatic N) is 2. The van der Waals surface area contributed by atoms with Gasteiger partial charge in [0.1, 0.15) is 0 Å². The van der Waals surface area contributed by atoms with Crippen molar-refractivity contribution in [1.82, 2.24) is 9.29 Å². The minimum absolute atomic E-state index is 0.188. The molecule has 0 bridgehead atoms. The molecule has 1 aromatic heterocycles. The third-order valence-electron chi connectivity index (χ3n) is 4.18. The largest absolute Gasteiger partial charge is 0.236 e. The van der Waals surface area contributed by atoms with Gasteiger partial charge in [0, 0.05) is 11.6 Å². The molecular formula is C18H28N2S2. The molecule has 1 heterocycles. The fourth-order valence-electron chi connectivity index (χ4n) is 2.67. The highest BCUT2D eigenvalue weighted by molar-refractivity contribution is 7.99. The first kappa shape index (κ1) is 17.8. The molecule has 0 aliphatic carbocycles. The molecule has 2 aromatic rings. The monoisotopic (exact) mass is 336 g/mol. The lowest BCUT2D eigenvalue weighted by atomic mass is 9.96. The van der Waals surface area contributed by atoms with Crippen molar-refractivity contribution in [3.05, 3.63) is 24.3 Å². The summed E-state index contributed by atoms with van der Waals surface area (Å²) in [6.07, 6.45) is 4.92. The number of hydrogen-bond donors (Lipinski definition) is 0. The van der Waals surface area contributed by atoms with Crippen molar-refractivity contribution in [1.29, 1.82) is 0 Å². The first-order valence-electron chi connectivity index (χ1n) is 8.30. The van der Waals surface area contributed by atoms with Crippen LogP contribution in [0.4, 0.5) is 0 Å². The minimum atomic E-state index is 0.188. The zero-order valence-corrected chi connectivity index (χ0v) is 16.1. The number of aromatic nitrogens is 1. The van der Waals surface area contributed by atoms with Crippen molar-refractivity contribution in [3.8, 4) is 0 Å². The summed E-state index contributed by atoms with van der Waals surface area (Å²) in [6.45, 7) is 11.6. The number of hydrogen-bond acceptors (Lipinski definition) is 4. The van der Waals surface area contributed by atoms with Gasteiger partial charge >= 0.3 is 0 Å². The summed E-state index contributed by atoms with van der Waals surface area (Å²) in [6, 6.07) is 8.96. The fraction of sp³-hybridized carbons (Fsp3) is 0.611. The van der Waals surface area contributed by atoms with Crippen LogP contribution >= 0.6 is 23.3 Å². The van der Waals surface area contributed by atoms with Gasteiger partial charge in [0.05, 0.1) is 10.2 Å². The lowest BCUT2D eigenvalue weighted by Gasteiger charge is -2.41. The van der Waals surface area contributed by atoms with E-state index in [-0.39, 0.29) is 5.54 Å². The lowest BCUT2D eigenvalue weighted by molar-refractivity contribution is 0.180. The van der Waals surface area contributed by atoms with Crippen LogP contribution in [-0.4, -0.2) is 20.9 Å². The molecule has 0 amide bonds. The Morgan fingerprint density at radius 2 is 2.00 bits per heavy atom. The Labute approximate surface area is 143 Å². The van der Waals surface area contributed by atoms with Crippen LogP contribution in [0.15, 0.2) is 28.6 Å². The highest BCUT2D eigenvalue weighted by atomic mass is 32.2. The van der Waals surface area contributed by atoms with E-state index in [1.54, 1.807) is 11.3 Å². The molecule has 2 nitrogen and oxygen atoms in total. The molecule has 0 saturated carbocycles. The molecule has 0 fully saturated rings. The van der Waals surface area contributed by atoms with Crippen LogP contribution in [0.5, 0.6) is 0 Å². The van der Waals surface area contributed by atoms with Crippen LogP contribution in [0, 0.1) is 0 Å². The average Bonchev–Trinajstić information content (AvgIpc) is 2.92. The average molecular weight is 337 g/mol. The molecule has 0 aliphatic rings. The Balaban J connectivity index is 2.22. The van der Waals surface area contributed by atoms with Gasteiger partial charge in [-0.2, -0.15) is 0 Å². The van der Waals surface area contributed by atoms with E-state index in [4.69, 9.17) is 4.98 Å². The third-order valence-corrected chi connectivity index (χ3v) is 6.78. The lowest BCUT2D eigenvalue weighted by Crippen LogP contribution is -2.44. The van der Waals surface area contributed by atoms with Crippen molar-refractivity contribution < 1.29 is 0 Å². The summed E-state index contributed by atoms with van der Waals surface area (Å²) in [5.41, 5.74) is 1.30. The number of rotatable bonds is 8. The van der Waals surface area contributed by atoms with Crippen LogP contribution in [0.25, 0.3) is 10.2 Å². The molecule has 1 unspecified atom stereocenters. The van der Waals surface area contributed by atoms with E-state index >= 15 is 0 Å². The first-order valence-corrected chi connectivity index (χ1v) is 9.89. The van der Waals surface area contributed by atoms with Gasteiger partial charge in [-0.3, -0.25) is 0 Å². The molecule has 0 saturated heterocycles. The summed E-state index contributed by atoms with van der Waals surface area (Å²) in [7, 11) is 0. The van der Waals surface area contributed by atoms with E-state index in [1.807, 2.05) is 11.9 Å². The third kappa shape index (κ3) is 4.24. The molecule has 0 N–H and O–H groups in total. The van der Waals surface area contributed by atoms with Gasteiger partial charge < -0.3 is 0 Å². The number of unbranched alkanes of at least 4 members (excludes halogenated alkanes) is 1. The Hall–Kier alpha value is -0.580. The number of benzene rings is 1. The van der Waals surface area contributed by atoms with Gasteiger partial charge in [0.25, 0.3) is 0 Å². The van der Waals surface area contributed by atoms with E-state index < -0.39 is 0 Å². The maximum atomic E-state index is 4.80. The zero-order valence-electron chi connectivity index (χ0n) is 14.4. The molecule has 0 aliphatic heterocycles. The van der Waals surface area contributed by atoms with Gasteiger partial charge in [-0.1, -0.05) is 38.8 Å². The number of fused-ring (bicyclic) bond motifs is 1. The van der Waals surface area contributed by atoms with Crippen LogP contribution in [-0.2, 0) is 0 Å². The predicted octanol–water partition coefficient (Wildman–Crippen LogP) is 6.37. The number of para-hydroxylation sites is 1. The second kappa shape index (κ2) is 7.80. The summed E-state index contributed by atoms with van der Waals surface area (Å²) in [5, 5.41) is 0. The Morgan fingerprint density at radius 3 is 2.64 bits per heavy atom. The maximum Gasteiger partial charge on any atom is 0.166 e. The standard InChI is InChI=1S/C18H28N2S2/c1-6-8-13-18(4,5)20(14(3)7-2)22-17-19-15-11-9-10-12-16(15)21-17/h9-12,14H,6-8,13H2,1-5H3. The Morgan fingerprint density at radius 1 is 1.27 bits per heavy atom. The normalized spacial score (nSPS) is 13.9. The predicted molar refractivity (Wildman–Crippen MR) is 101 cm³/mol. The molecule has 1 atom stereocenters.